The molecule has 8 nitrogen and oxygen atoms in total. The van der Waals surface area contributed by atoms with Gasteiger partial charge in [0, 0.05) is 24.5 Å². The highest BCUT2D eigenvalue weighted by Crippen LogP contribution is 2.35. The summed E-state index contributed by atoms with van der Waals surface area (Å²) in [6.07, 6.45) is 2.48. The minimum atomic E-state index is -1.22. The van der Waals surface area contributed by atoms with E-state index in [1.807, 2.05) is 0 Å². The molecule has 1 heterocycles. The molecule has 2 aromatic rings. The number of benzene rings is 1. The van der Waals surface area contributed by atoms with Crippen LogP contribution in [0.4, 0.5) is 5.69 Å². The van der Waals surface area contributed by atoms with Crippen molar-refractivity contribution in [1.82, 2.24) is 4.98 Å². The van der Waals surface area contributed by atoms with Crippen LogP contribution in [0.5, 0.6) is 17.2 Å². The fraction of sp³-hybridized carbons (Fsp3) is 0.0769. The van der Waals surface area contributed by atoms with Crippen LogP contribution in [0.3, 0.4) is 0 Å². The van der Waals surface area contributed by atoms with E-state index in [0.29, 0.717) is 0 Å². The normalized spacial score (nSPS) is 9.95. The second-order valence-electron chi connectivity index (χ2n) is 3.87. The molecule has 0 saturated carbocycles. The molecular weight excluding hydrogens is 280 g/mol. The molecule has 0 atom stereocenters. The van der Waals surface area contributed by atoms with Gasteiger partial charge in [-0.15, -0.1) is 0 Å². The summed E-state index contributed by atoms with van der Waals surface area (Å²) in [5, 5.41) is 19.8. The number of aromatic carboxylic acids is 1. The number of nitro benzene ring substituents is 1. The number of rotatable bonds is 5. The van der Waals surface area contributed by atoms with Gasteiger partial charge in [-0.25, -0.2) is 4.79 Å². The minimum absolute atomic E-state index is 0.0105. The predicted molar refractivity (Wildman–Crippen MR) is 70.9 cm³/mol. The summed E-state index contributed by atoms with van der Waals surface area (Å²) in [7, 11) is 1.37. The predicted octanol–water partition coefficient (Wildman–Crippen LogP) is 2.49. The number of carboxylic acid groups (broad SMARTS) is 1. The first-order valence-corrected chi connectivity index (χ1v) is 5.70. The Hall–Kier alpha value is -3.16. The summed E-state index contributed by atoms with van der Waals surface area (Å²) in [4.78, 5) is 25.0. The molecule has 0 radical (unpaired) electrons. The van der Waals surface area contributed by atoms with Crippen LogP contribution in [-0.2, 0) is 0 Å². The quantitative estimate of drug-likeness (QED) is 0.664. The third kappa shape index (κ3) is 3.06. The number of carboxylic acids is 1. The van der Waals surface area contributed by atoms with Crippen LogP contribution in [-0.4, -0.2) is 28.1 Å². The summed E-state index contributed by atoms with van der Waals surface area (Å²) in [5.41, 5.74) is -0.359. The first kappa shape index (κ1) is 14.3. The van der Waals surface area contributed by atoms with Crippen molar-refractivity contribution in [3.8, 4) is 17.2 Å². The fourth-order valence-corrected chi connectivity index (χ4v) is 1.61. The first-order valence-electron chi connectivity index (χ1n) is 5.70. The molecule has 0 aliphatic heterocycles. The Kier molecular flexibility index (Phi) is 3.98. The Morgan fingerprint density at radius 2 is 2.05 bits per heavy atom. The number of nitrogens with zero attached hydrogens (tertiary/aromatic N) is 2. The lowest BCUT2D eigenvalue weighted by molar-refractivity contribution is -0.384. The van der Waals surface area contributed by atoms with Crippen LogP contribution in [0.15, 0.2) is 36.7 Å². The van der Waals surface area contributed by atoms with Crippen LogP contribution in [0.1, 0.15) is 10.4 Å². The summed E-state index contributed by atoms with van der Waals surface area (Å²) in [6.45, 7) is 0. The van der Waals surface area contributed by atoms with E-state index in [1.54, 1.807) is 0 Å². The minimum Gasteiger partial charge on any atom is -0.493 e. The maximum atomic E-state index is 11.1. The Balaban J connectivity index is 2.45. The smallest absolute Gasteiger partial charge is 0.341 e. The van der Waals surface area contributed by atoms with Gasteiger partial charge >= 0.3 is 5.97 Å². The number of ether oxygens (including phenoxy) is 2. The average molecular weight is 290 g/mol. The third-order valence-electron chi connectivity index (χ3n) is 2.59. The van der Waals surface area contributed by atoms with E-state index < -0.39 is 10.9 Å². The van der Waals surface area contributed by atoms with Crippen molar-refractivity contribution in [2.45, 2.75) is 0 Å². The lowest BCUT2D eigenvalue weighted by atomic mass is 10.2. The molecule has 0 unspecified atom stereocenters. The van der Waals surface area contributed by atoms with Crippen molar-refractivity contribution in [3.63, 3.8) is 0 Å². The highest BCUT2D eigenvalue weighted by Gasteiger charge is 2.17. The number of nitro groups is 1. The van der Waals surface area contributed by atoms with E-state index in [1.165, 1.54) is 31.5 Å². The first-order chi connectivity index (χ1) is 10.0. The zero-order valence-electron chi connectivity index (χ0n) is 10.8. The molecule has 0 fully saturated rings. The van der Waals surface area contributed by atoms with E-state index in [4.69, 9.17) is 14.6 Å². The van der Waals surface area contributed by atoms with Gasteiger partial charge in [0.1, 0.15) is 11.3 Å². The van der Waals surface area contributed by atoms with Crippen molar-refractivity contribution >= 4 is 11.7 Å². The van der Waals surface area contributed by atoms with Gasteiger partial charge in [-0.05, 0) is 6.07 Å². The van der Waals surface area contributed by atoms with E-state index >= 15 is 0 Å². The highest BCUT2D eigenvalue weighted by molar-refractivity contribution is 5.90. The van der Waals surface area contributed by atoms with Crippen molar-refractivity contribution in [2.75, 3.05) is 7.11 Å². The Morgan fingerprint density at radius 1 is 1.29 bits per heavy atom. The number of carbonyl (C=O) groups is 1. The van der Waals surface area contributed by atoms with Crippen molar-refractivity contribution in [3.05, 3.63) is 52.3 Å². The van der Waals surface area contributed by atoms with Crippen molar-refractivity contribution in [2.24, 2.45) is 0 Å². The van der Waals surface area contributed by atoms with Gasteiger partial charge < -0.3 is 14.6 Å². The molecule has 0 saturated heterocycles. The number of methoxy groups -OCH3 is 1. The zero-order valence-corrected chi connectivity index (χ0v) is 10.8. The molecule has 0 aliphatic rings. The number of aromatic nitrogens is 1. The van der Waals surface area contributed by atoms with Crippen molar-refractivity contribution < 1.29 is 24.3 Å². The number of hydrogen-bond donors (Lipinski definition) is 1. The molecular formula is C13H10N2O6. The molecule has 0 spiro atoms. The molecule has 1 aromatic heterocycles. The fourth-order valence-electron chi connectivity index (χ4n) is 1.61. The number of pyridine rings is 1. The summed E-state index contributed by atoms with van der Waals surface area (Å²) >= 11 is 0. The van der Waals surface area contributed by atoms with Gasteiger partial charge in [0.25, 0.3) is 5.69 Å². The van der Waals surface area contributed by atoms with Gasteiger partial charge in [-0.3, -0.25) is 15.1 Å². The molecule has 0 aliphatic carbocycles. The van der Waals surface area contributed by atoms with Gasteiger partial charge in [0.05, 0.1) is 18.1 Å². The Labute approximate surface area is 118 Å². The summed E-state index contributed by atoms with van der Waals surface area (Å²) < 4.78 is 10.5. The Morgan fingerprint density at radius 3 is 2.67 bits per heavy atom. The third-order valence-corrected chi connectivity index (χ3v) is 2.59. The summed E-state index contributed by atoms with van der Waals surface area (Å²) in [5.74, 6) is -0.923. The van der Waals surface area contributed by atoms with Crippen LogP contribution in [0, 0.1) is 10.1 Å². The van der Waals surface area contributed by atoms with E-state index in [0.717, 1.165) is 12.3 Å². The molecule has 0 amide bonds. The lowest BCUT2D eigenvalue weighted by Gasteiger charge is -2.11. The molecule has 1 aromatic carbocycles. The molecule has 108 valence electrons. The summed E-state index contributed by atoms with van der Waals surface area (Å²) in [6, 6.07) is 5.14. The molecule has 0 bridgehead atoms. The van der Waals surface area contributed by atoms with E-state index in [2.05, 4.69) is 4.98 Å². The highest BCUT2D eigenvalue weighted by atomic mass is 16.6. The molecule has 8 heteroatoms. The monoisotopic (exact) mass is 290 g/mol. The maximum Gasteiger partial charge on any atom is 0.341 e. The molecule has 21 heavy (non-hydrogen) atoms. The number of hydrogen-bond acceptors (Lipinski definition) is 6. The van der Waals surface area contributed by atoms with Crippen LogP contribution >= 0.6 is 0 Å². The number of non-ortho nitro benzene ring substituents is 1. The van der Waals surface area contributed by atoms with Crippen LogP contribution in [0.2, 0.25) is 0 Å². The second-order valence-corrected chi connectivity index (χ2v) is 3.87. The van der Waals surface area contributed by atoms with Crippen molar-refractivity contribution in [1.29, 1.82) is 0 Å². The van der Waals surface area contributed by atoms with Gasteiger partial charge in [0.2, 0.25) is 0 Å². The Bertz CT molecular complexity index is 701. The zero-order chi connectivity index (χ0) is 15.4. The molecule has 2 rings (SSSR count). The van der Waals surface area contributed by atoms with Crippen LogP contribution in [0.25, 0.3) is 0 Å². The van der Waals surface area contributed by atoms with E-state index in [9.17, 15) is 14.9 Å². The average Bonchev–Trinajstić information content (AvgIpc) is 2.47. The van der Waals surface area contributed by atoms with Crippen LogP contribution < -0.4 is 9.47 Å². The largest absolute Gasteiger partial charge is 0.493 e. The maximum absolute atomic E-state index is 11.1. The van der Waals surface area contributed by atoms with E-state index in [-0.39, 0.29) is 28.5 Å². The van der Waals surface area contributed by atoms with Gasteiger partial charge in [-0.2, -0.15) is 0 Å². The standard InChI is InChI=1S/C13H10N2O6/c1-20-11-3-2-8(15(18)19)6-12(11)21-10-4-5-14-7-9(10)13(16)17/h2-7H,1H3,(H,16,17). The second kappa shape index (κ2) is 5.87. The SMILES string of the molecule is COc1ccc([N+](=O)[O-])cc1Oc1ccncc1C(=O)O. The molecule has 1 N–H and O–H groups in total. The van der Waals surface area contributed by atoms with Gasteiger partial charge in [0.15, 0.2) is 11.5 Å². The topological polar surface area (TPSA) is 112 Å². The van der Waals surface area contributed by atoms with Gasteiger partial charge in [-0.1, -0.05) is 0 Å². The lowest BCUT2D eigenvalue weighted by Crippen LogP contribution is -2.01.